The van der Waals surface area contributed by atoms with Crippen LogP contribution in [0.2, 0.25) is 0 Å². The van der Waals surface area contributed by atoms with Crippen molar-refractivity contribution in [1.29, 1.82) is 0 Å². The highest BCUT2D eigenvalue weighted by atomic mass is 32.2. The first kappa shape index (κ1) is 23.1. The van der Waals surface area contributed by atoms with Crippen molar-refractivity contribution in [1.82, 2.24) is 5.32 Å². The number of hydrogen-bond acceptors (Lipinski definition) is 5. The summed E-state index contributed by atoms with van der Waals surface area (Å²) in [4.78, 5) is 27.6. The molecule has 0 aliphatic heterocycles. The first-order valence-corrected chi connectivity index (χ1v) is 9.90. The number of nitrogens with one attached hydrogen (secondary N) is 1. The van der Waals surface area contributed by atoms with Crippen molar-refractivity contribution in [2.24, 2.45) is 11.1 Å². The van der Waals surface area contributed by atoms with Gasteiger partial charge in [0.2, 0.25) is 11.4 Å². The van der Waals surface area contributed by atoms with E-state index in [1.165, 1.54) is 11.8 Å². The summed E-state index contributed by atoms with van der Waals surface area (Å²) in [5.74, 6) is -1.06. The van der Waals surface area contributed by atoms with E-state index in [-0.39, 0.29) is 37.6 Å². The third kappa shape index (κ3) is 6.03. The molecule has 0 saturated heterocycles. The van der Waals surface area contributed by atoms with E-state index in [9.17, 15) is 9.59 Å². The van der Waals surface area contributed by atoms with Crippen LogP contribution in [0.1, 0.15) is 32.3 Å². The Morgan fingerprint density at radius 2 is 1.96 bits per heavy atom. The summed E-state index contributed by atoms with van der Waals surface area (Å²) in [6.07, 6.45) is -0.122. The number of amides is 1. The summed E-state index contributed by atoms with van der Waals surface area (Å²) in [7, 11) is 0. The maximum atomic E-state index is 12.9. The lowest BCUT2D eigenvalue weighted by molar-refractivity contribution is -0.138. The predicted molar refractivity (Wildman–Crippen MR) is 113 cm³/mol. The van der Waals surface area contributed by atoms with Crippen LogP contribution in [-0.2, 0) is 9.59 Å². The molecule has 1 aromatic rings. The van der Waals surface area contributed by atoms with Gasteiger partial charge in [0, 0.05) is 32.2 Å². The molecule has 1 amide bonds. The van der Waals surface area contributed by atoms with Gasteiger partial charge in [0.25, 0.3) is 0 Å². The molecule has 0 bridgehead atoms. The van der Waals surface area contributed by atoms with Crippen LogP contribution in [0.5, 0.6) is 0 Å². The Morgan fingerprint density at radius 3 is 2.48 bits per heavy atom. The van der Waals surface area contributed by atoms with Gasteiger partial charge < -0.3 is 21.0 Å². The smallest absolute Gasteiger partial charge is 0.303 e. The van der Waals surface area contributed by atoms with Crippen LogP contribution in [-0.4, -0.2) is 45.6 Å². The monoisotopic (exact) mass is 407 g/mol. The molecular weight excluding hydrogens is 382 g/mol. The summed E-state index contributed by atoms with van der Waals surface area (Å²) in [6, 6.07) is 9.43. The molecule has 6 nitrogen and oxygen atoms in total. The van der Waals surface area contributed by atoms with Crippen molar-refractivity contribution >= 4 is 40.1 Å². The highest BCUT2D eigenvalue weighted by Crippen LogP contribution is 2.42. The number of carboxylic acids is 1. The fraction of sp³-hybridized carbons (Fsp3) is 0.474. The van der Waals surface area contributed by atoms with Crippen molar-refractivity contribution < 1.29 is 14.7 Å². The van der Waals surface area contributed by atoms with Crippen molar-refractivity contribution in [2.45, 2.75) is 32.2 Å². The quantitative estimate of drug-likeness (QED) is 0.408. The number of carbonyl (C=O) groups is 2. The number of nitrogens with zero attached hydrogens (tertiary/aromatic N) is 1. The van der Waals surface area contributed by atoms with Crippen LogP contribution in [0.25, 0.3) is 4.85 Å². The Kier molecular flexibility index (Phi) is 8.89. The zero-order valence-electron chi connectivity index (χ0n) is 15.5. The SMILES string of the molecule is [C-]#[N+]C(C)(CCC(=O)O)C(C)(CSC(=S)c1ccccc1)C(=O)NCCN. The zero-order chi connectivity index (χ0) is 20.5. The van der Waals surface area contributed by atoms with Crippen LogP contribution in [0.3, 0.4) is 0 Å². The van der Waals surface area contributed by atoms with Gasteiger partial charge in [-0.25, -0.2) is 6.57 Å². The predicted octanol–water partition coefficient (Wildman–Crippen LogP) is 2.72. The Bertz CT molecular complexity index is 721. The average Bonchev–Trinajstić information content (AvgIpc) is 2.68. The second kappa shape index (κ2) is 10.4. The number of nitrogens with two attached hydrogens (primary N) is 1. The standard InChI is InChI=1S/C19H25N3O3S2/c1-18(17(25)22-12-11-20,19(2,21-3)10-9-15(23)24)13-27-16(26)14-7-5-4-6-8-14/h4-8H,9-13,20H2,1-2H3,(H,22,25)(H,23,24). The first-order valence-electron chi connectivity index (χ1n) is 8.51. The van der Waals surface area contributed by atoms with Gasteiger partial charge in [-0.2, -0.15) is 0 Å². The number of rotatable bonds is 10. The molecule has 1 rings (SSSR count). The number of thioether (sulfide) groups is 1. The Balaban J connectivity index is 3.09. The molecular formula is C19H25N3O3S2. The molecule has 0 heterocycles. The van der Waals surface area contributed by atoms with Gasteiger partial charge in [-0.05, 0) is 12.5 Å². The van der Waals surface area contributed by atoms with Crippen molar-refractivity contribution in [2.75, 3.05) is 18.8 Å². The molecule has 1 aromatic carbocycles. The molecule has 27 heavy (non-hydrogen) atoms. The van der Waals surface area contributed by atoms with Gasteiger partial charge in [-0.15, -0.1) is 11.8 Å². The normalized spacial score (nSPS) is 15.0. The number of hydrogen-bond donors (Lipinski definition) is 3. The fourth-order valence-electron chi connectivity index (χ4n) is 2.52. The van der Waals surface area contributed by atoms with E-state index in [0.717, 1.165) is 5.56 Å². The first-order chi connectivity index (χ1) is 12.7. The lowest BCUT2D eigenvalue weighted by atomic mass is 9.70. The highest BCUT2D eigenvalue weighted by molar-refractivity contribution is 8.23. The number of carbonyl (C=O) groups excluding carboxylic acids is 1. The second-order valence-electron chi connectivity index (χ2n) is 6.60. The Morgan fingerprint density at radius 1 is 1.33 bits per heavy atom. The minimum atomic E-state index is -1.19. The molecule has 0 fully saturated rings. The summed E-state index contributed by atoms with van der Waals surface area (Å²) >= 11 is 6.79. The molecule has 0 spiro atoms. The van der Waals surface area contributed by atoms with Gasteiger partial charge in [-0.1, -0.05) is 42.5 Å². The number of carboxylic acid groups (broad SMARTS) is 1. The molecule has 0 saturated carbocycles. The molecule has 0 aliphatic carbocycles. The maximum Gasteiger partial charge on any atom is 0.303 e. The van der Waals surface area contributed by atoms with E-state index < -0.39 is 16.9 Å². The minimum Gasteiger partial charge on any atom is -0.481 e. The van der Waals surface area contributed by atoms with Crippen LogP contribution < -0.4 is 11.1 Å². The van der Waals surface area contributed by atoms with Crippen LogP contribution in [0.4, 0.5) is 0 Å². The molecule has 8 heteroatoms. The van der Waals surface area contributed by atoms with Gasteiger partial charge in [0.1, 0.15) is 5.41 Å². The molecule has 0 radical (unpaired) electrons. The van der Waals surface area contributed by atoms with Crippen LogP contribution in [0.15, 0.2) is 30.3 Å². The van der Waals surface area contributed by atoms with Crippen LogP contribution in [0, 0.1) is 12.0 Å². The van der Waals surface area contributed by atoms with E-state index in [1.807, 2.05) is 30.3 Å². The maximum absolute atomic E-state index is 12.9. The van der Waals surface area contributed by atoms with Gasteiger partial charge in [-0.3, -0.25) is 9.59 Å². The van der Waals surface area contributed by atoms with Crippen molar-refractivity contribution in [3.8, 4) is 0 Å². The second-order valence-corrected chi connectivity index (χ2v) is 8.25. The van der Waals surface area contributed by atoms with Gasteiger partial charge in [0.15, 0.2) is 0 Å². The molecule has 146 valence electrons. The fourth-order valence-corrected chi connectivity index (χ4v) is 4.00. The molecule has 4 N–H and O–H groups in total. The van der Waals surface area contributed by atoms with Crippen LogP contribution >= 0.6 is 24.0 Å². The number of benzene rings is 1. The molecule has 2 atom stereocenters. The van der Waals surface area contributed by atoms with Gasteiger partial charge >= 0.3 is 5.97 Å². The zero-order valence-corrected chi connectivity index (χ0v) is 17.2. The largest absolute Gasteiger partial charge is 0.481 e. The van der Waals surface area contributed by atoms with E-state index in [2.05, 4.69) is 10.2 Å². The lowest BCUT2D eigenvalue weighted by Crippen LogP contribution is -2.54. The molecule has 2 unspecified atom stereocenters. The highest BCUT2D eigenvalue weighted by Gasteiger charge is 2.56. The summed E-state index contributed by atoms with van der Waals surface area (Å²) < 4.78 is 0.624. The van der Waals surface area contributed by atoms with E-state index in [1.54, 1.807) is 13.8 Å². The third-order valence-electron chi connectivity index (χ3n) is 4.69. The van der Waals surface area contributed by atoms with Gasteiger partial charge in [0.05, 0.1) is 10.6 Å². The van der Waals surface area contributed by atoms with E-state index in [0.29, 0.717) is 4.20 Å². The average molecular weight is 408 g/mol. The van der Waals surface area contributed by atoms with E-state index in [4.69, 9.17) is 29.6 Å². The number of aliphatic carboxylic acids is 1. The summed E-state index contributed by atoms with van der Waals surface area (Å²) in [5, 5.41) is 11.8. The number of thiocarbonyl (C=S) groups is 1. The molecule has 0 aliphatic rings. The Labute approximate surface area is 169 Å². The summed E-state index contributed by atoms with van der Waals surface area (Å²) in [6.45, 7) is 11.6. The minimum absolute atomic E-state index is 0.0665. The van der Waals surface area contributed by atoms with Crippen molar-refractivity contribution in [3.05, 3.63) is 47.3 Å². The topological polar surface area (TPSA) is 96.8 Å². The third-order valence-corrected chi connectivity index (χ3v) is 6.50. The van der Waals surface area contributed by atoms with E-state index >= 15 is 0 Å². The Hall–Kier alpha value is -1.95. The molecule has 0 aromatic heterocycles. The lowest BCUT2D eigenvalue weighted by Gasteiger charge is -2.36. The van der Waals surface area contributed by atoms with Crippen molar-refractivity contribution in [3.63, 3.8) is 0 Å². The summed E-state index contributed by atoms with van der Waals surface area (Å²) in [5.41, 5.74) is 4.02.